The van der Waals surface area contributed by atoms with Crippen molar-refractivity contribution in [2.45, 2.75) is 12.5 Å². The molecule has 0 N–H and O–H groups in total. The zero-order valence-electron chi connectivity index (χ0n) is 10.9. The van der Waals surface area contributed by atoms with E-state index in [2.05, 4.69) is 13.6 Å². The molecule has 1 unspecified atom stereocenters. The van der Waals surface area contributed by atoms with Gasteiger partial charge in [0.05, 0.1) is 29.4 Å². The van der Waals surface area contributed by atoms with Crippen molar-refractivity contribution in [1.82, 2.24) is 18.5 Å². The van der Waals surface area contributed by atoms with Gasteiger partial charge in [0.25, 0.3) is 5.91 Å². The maximum absolute atomic E-state index is 12.1. The average molecular weight is 316 g/mol. The third kappa shape index (κ3) is 2.84. The first-order valence-corrected chi connectivity index (χ1v) is 9.12. The molecular weight excluding hydrogens is 300 g/mol. The van der Waals surface area contributed by atoms with E-state index < -0.39 is 9.84 Å². The number of nitrogens with zero attached hydrogens (tertiary/aromatic N) is 4. The van der Waals surface area contributed by atoms with Crippen LogP contribution in [0.2, 0.25) is 0 Å². The van der Waals surface area contributed by atoms with Crippen LogP contribution in [0.3, 0.4) is 0 Å². The molecule has 2 fully saturated rings. The summed E-state index contributed by atoms with van der Waals surface area (Å²) in [6.07, 6.45) is 2.20. The van der Waals surface area contributed by atoms with E-state index in [1.165, 1.54) is 6.20 Å². The summed E-state index contributed by atoms with van der Waals surface area (Å²) < 4.78 is 30.8. The first-order valence-electron chi connectivity index (χ1n) is 6.56. The van der Waals surface area contributed by atoms with Crippen molar-refractivity contribution in [3.8, 4) is 0 Å². The van der Waals surface area contributed by atoms with Crippen LogP contribution in [0.15, 0.2) is 6.20 Å². The van der Waals surface area contributed by atoms with Gasteiger partial charge in [-0.2, -0.15) is 8.75 Å². The summed E-state index contributed by atoms with van der Waals surface area (Å²) in [4.78, 5) is 16.1. The molecule has 0 bridgehead atoms. The molecule has 0 radical (unpaired) electrons. The Morgan fingerprint density at radius 1 is 1.30 bits per heavy atom. The Bertz CT molecular complexity index is 579. The number of piperazine rings is 1. The maximum atomic E-state index is 12.1. The largest absolute Gasteiger partial charge is 0.335 e. The van der Waals surface area contributed by atoms with Gasteiger partial charge in [0, 0.05) is 32.2 Å². The van der Waals surface area contributed by atoms with Crippen molar-refractivity contribution in [3.63, 3.8) is 0 Å². The smallest absolute Gasteiger partial charge is 0.275 e. The first kappa shape index (κ1) is 13.9. The van der Waals surface area contributed by atoms with Crippen LogP contribution in [0.25, 0.3) is 0 Å². The molecule has 3 rings (SSSR count). The molecule has 2 saturated heterocycles. The lowest BCUT2D eigenvalue weighted by molar-refractivity contribution is 0.0583. The van der Waals surface area contributed by atoms with Crippen LogP contribution in [0, 0.1) is 0 Å². The van der Waals surface area contributed by atoms with Crippen molar-refractivity contribution in [2.24, 2.45) is 0 Å². The molecule has 20 heavy (non-hydrogen) atoms. The minimum atomic E-state index is -2.85. The van der Waals surface area contributed by atoms with Crippen molar-refractivity contribution in [1.29, 1.82) is 0 Å². The van der Waals surface area contributed by atoms with Crippen LogP contribution in [-0.2, 0) is 9.84 Å². The van der Waals surface area contributed by atoms with E-state index >= 15 is 0 Å². The summed E-state index contributed by atoms with van der Waals surface area (Å²) in [5.74, 6) is 0.468. The van der Waals surface area contributed by atoms with E-state index in [4.69, 9.17) is 0 Å². The van der Waals surface area contributed by atoms with E-state index in [1.54, 1.807) is 4.90 Å². The lowest BCUT2D eigenvalue weighted by Crippen LogP contribution is -2.52. The second-order valence-electron chi connectivity index (χ2n) is 5.18. The molecule has 1 aromatic rings. The molecule has 1 amide bonds. The summed E-state index contributed by atoms with van der Waals surface area (Å²) in [6, 6.07) is 0.123. The third-order valence-corrected chi connectivity index (χ3v) is 6.14. The number of sulfone groups is 1. The Morgan fingerprint density at radius 2 is 2.05 bits per heavy atom. The SMILES string of the molecule is O=C(c1cnsn1)N1CCN(C2CCS(=O)(=O)C2)CC1. The Kier molecular flexibility index (Phi) is 3.74. The predicted octanol–water partition coefficient (Wildman–Crippen LogP) is -0.517. The van der Waals surface area contributed by atoms with Gasteiger partial charge in [-0.25, -0.2) is 8.42 Å². The highest BCUT2D eigenvalue weighted by Crippen LogP contribution is 2.19. The number of amides is 1. The number of carbonyl (C=O) groups is 1. The molecule has 1 aromatic heterocycles. The van der Waals surface area contributed by atoms with Gasteiger partial charge in [0.1, 0.15) is 0 Å². The second-order valence-corrected chi connectivity index (χ2v) is 7.96. The van der Waals surface area contributed by atoms with Crippen molar-refractivity contribution in [2.75, 3.05) is 37.7 Å². The molecule has 9 heteroatoms. The van der Waals surface area contributed by atoms with E-state index in [0.29, 0.717) is 31.0 Å². The summed E-state index contributed by atoms with van der Waals surface area (Å²) in [7, 11) is -2.85. The fourth-order valence-corrected chi connectivity index (χ4v) is 4.94. The summed E-state index contributed by atoms with van der Waals surface area (Å²) in [6.45, 7) is 2.69. The highest BCUT2D eigenvalue weighted by atomic mass is 32.2. The zero-order valence-corrected chi connectivity index (χ0v) is 12.6. The topological polar surface area (TPSA) is 83.5 Å². The molecule has 2 aliphatic heterocycles. The van der Waals surface area contributed by atoms with Crippen LogP contribution in [0.5, 0.6) is 0 Å². The fraction of sp³-hybridized carbons (Fsp3) is 0.727. The van der Waals surface area contributed by atoms with E-state index in [-0.39, 0.29) is 17.7 Å². The van der Waals surface area contributed by atoms with Gasteiger partial charge < -0.3 is 4.90 Å². The normalized spacial score (nSPS) is 26.8. The standard InChI is InChI=1S/C11H16N4O3S2/c16-11(10-7-12-19-13-10)15-4-2-14(3-5-15)9-1-6-20(17,18)8-9/h7,9H,1-6,8H2. The molecule has 2 aliphatic rings. The molecule has 3 heterocycles. The highest BCUT2D eigenvalue weighted by molar-refractivity contribution is 7.91. The molecule has 110 valence electrons. The molecule has 0 aliphatic carbocycles. The predicted molar refractivity (Wildman–Crippen MR) is 74.4 cm³/mol. The highest BCUT2D eigenvalue weighted by Gasteiger charge is 2.34. The quantitative estimate of drug-likeness (QED) is 0.730. The number of aromatic nitrogens is 2. The monoisotopic (exact) mass is 316 g/mol. The van der Waals surface area contributed by atoms with Crippen LogP contribution < -0.4 is 0 Å². The number of rotatable bonds is 2. The van der Waals surface area contributed by atoms with E-state index in [1.807, 2.05) is 0 Å². The van der Waals surface area contributed by atoms with Gasteiger partial charge in [-0.1, -0.05) is 0 Å². The Balaban J connectivity index is 1.56. The summed E-state index contributed by atoms with van der Waals surface area (Å²) in [5.41, 5.74) is 0.395. The van der Waals surface area contributed by atoms with Crippen LogP contribution in [0.1, 0.15) is 16.9 Å². The number of hydrogen-bond donors (Lipinski definition) is 0. The summed E-state index contributed by atoms with van der Waals surface area (Å²) in [5, 5.41) is 0. The summed E-state index contributed by atoms with van der Waals surface area (Å²) >= 11 is 1.03. The van der Waals surface area contributed by atoms with Gasteiger partial charge in [0.15, 0.2) is 15.5 Å². The molecular formula is C11H16N4O3S2. The average Bonchev–Trinajstić information content (AvgIpc) is 3.07. The minimum absolute atomic E-state index is 0.0857. The second kappa shape index (κ2) is 5.38. The van der Waals surface area contributed by atoms with E-state index in [0.717, 1.165) is 24.8 Å². The van der Waals surface area contributed by atoms with Crippen molar-refractivity contribution >= 4 is 27.5 Å². The van der Waals surface area contributed by atoms with Crippen LogP contribution >= 0.6 is 11.7 Å². The van der Waals surface area contributed by atoms with Gasteiger partial charge in [-0.05, 0) is 6.42 Å². The van der Waals surface area contributed by atoms with Crippen molar-refractivity contribution in [3.05, 3.63) is 11.9 Å². The number of hydrogen-bond acceptors (Lipinski definition) is 7. The maximum Gasteiger partial charge on any atom is 0.275 e. The Hall–Kier alpha value is -1.06. The van der Waals surface area contributed by atoms with Crippen LogP contribution in [0.4, 0.5) is 0 Å². The molecule has 0 spiro atoms. The van der Waals surface area contributed by atoms with Gasteiger partial charge >= 0.3 is 0 Å². The molecule has 0 aromatic carbocycles. The Morgan fingerprint density at radius 3 is 2.60 bits per heavy atom. The fourth-order valence-electron chi connectivity index (χ4n) is 2.77. The molecule has 7 nitrogen and oxygen atoms in total. The lowest BCUT2D eigenvalue weighted by Gasteiger charge is -2.37. The third-order valence-electron chi connectivity index (χ3n) is 3.91. The van der Waals surface area contributed by atoms with Gasteiger partial charge in [0.2, 0.25) is 0 Å². The van der Waals surface area contributed by atoms with E-state index in [9.17, 15) is 13.2 Å². The van der Waals surface area contributed by atoms with Gasteiger partial charge in [-0.15, -0.1) is 0 Å². The van der Waals surface area contributed by atoms with Crippen molar-refractivity contribution < 1.29 is 13.2 Å². The Labute approximate surface area is 121 Å². The van der Waals surface area contributed by atoms with Crippen LogP contribution in [-0.4, -0.2) is 76.6 Å². The number of carbonyl (C=O) groups excluding carboxylic acids is 1. The molecule has 1 atom stereocenters. The minimum Gasteiger partial charge on any atom is -0.335 e. The lowest BCUT2D eigenvalue weighted by atomic mass is 10.2. The zero-order chi connectivity index (χ0) is 14.2. The van der Waals surface area contributed by atoms with Gasteiger partial charge in [-0.3, -0.25) is 9.69 Å². The first-order chi connectivity index (χ1) is 9.55. The molecule has 0 saturated carbocycles.